The Bertz CT molecular complexity index is 371. The molecule has 0 saturated carbocycles. The highest BCUT2D eigenvalue weighted by Gasteiger charge is 2.28. The van der Waals surface area contributed by atoms with Gasteiger partial charge < -0.3 is 10.2 Å². The Balaban J connectivity index is 1.57. The second kappa shape index (κ2) is 5.31. The van der Waals surface area contributed by atoms with Crippen molar-refractivity contribution in [2.75, 3.05) is 31.1 Å². The predicted octanol–water partition coefficient (Wildman–Crippen LogP) is 2.82. The molecule has 3 rings (SSSR count). The molecule has 2 heterocycles. The summed E-state index contributed by atoms with van der Waals surface area (Å²) in [4.78, 5) is 2.55. The van der Waals surface area contributed by atoms with Crippen LogP contribution < -0.4 is 10.2 Å². The lowest BCUT2D eigenvalue weighted by molar-refractivity contribution is 0.292. The smallest absolute Gasteiger partial charge is 0.0366 e. The fourth-order valence-electron chi connectivity index (χ4n) is 3.46. The fraction of sp³-hybridized carbons (Fsp3) is 0.625. The van der Waals surface area contributed by atoms with Gasteiger partial charge in [-0.05, 0) is 63.2 Å². The summed E-state index contributed by atoms with van der Waals surface area (Å²) < 4.78 is 0. The molecular formula is C16H24N2. The number of hydrogen-bond acceptors (Lipinski definition) is 2. The van der Waals surface area contributed by atoms with Crippen LogP contribution in [0, 0.1) is 18.8 Å². The topological polar surface area (TPSA) is 15.3 Å². The summed E-state index contributed by atoms with van der Waals surface area (Å²) in [5, 5.41) is 3.51. The van der Waals surface area contributed by atoms with Gasteiger partial charge in [0.25, 0.3) is 0 Å². The number of hydrogen-bond donors (Lipinski definition) is 1. The molecule has 2 aliphatic rings. The standard InChI is InChI=1S/C16H24N2/c1-13-2-4-16(5-3-13)18-10-7-14(8-11-18)15-6-9-17-12-15/h2-5,14-15,17H,6-12H2,1H3. The first kappa shape index (κ1) is 12.0. The van der Waals surface area contributed by atoms with Gasteiger partial charge in [0.1, 0.15) is 0 Å². The second-order valence-corrected chi connectivity index (χ2v) is 5.91. The van der Waals surface area contributed by atoms with E-state index in [-0.39, 0.29) is 0 Å². The molecule has 2 fully saturated rings. The van der Waals surface area contributed by atoms with Gasteiger partial charge >= 0.3 is 0 Å². The lowest BCUT2D eigenvalue weighted by Gasteiger charge is -2.36. The number of rotatable bonds is 2. The zero-order valence-electron chi connectivity index (χ0n) is 11.4. The van der Waals surface area contributed by atoms with Crippen molar-refractivity contribution in [3.8, 4) is 0 Å². The highest BCUT2D eigenvalue weighted by atomic mass is 15.1. The lowest BCUT2D eigenvalue weighted by atomic mass is 9.83. The van der Waals surface area contributed by atoms with Crippen LogP contribution in [-0.2, 0) is 0 Å². The van der Waals surface area contributed by atoms with Crippen molar-refractivity contribution in [2.45, 2.75) is 26.2 Å². The highest BCUT2D eigenvalue weighted by Crippen LogP contribution is 2.30. The highest BCUT2D eigenvalue weighted by molar-refractivity contribution is 5.47. The molecule has 2 nitrogen and oxygen atoms in total. The van der Waals surface area contributed by atoms with Gasteiger partial charge in [0.15, 0.2) is 0 Å². The van der Waals surface area contributed by atoms with E-state index in [0.29, 0.717) is 0 Å². The van der Waals surface area contributed by atoms with Crippen LogP contribution in [0.15, 0.2) is 24.3 Å². The largest absolute Gasteiger partial charge is 0.372 e. The maximum absolute atomic E-state index is 3.51. The van der Waals surface area contributed by atoms with Gasteiger partial charge in [0, 0.05) is 18.8 Å². The first-order chi connectivity index (χ1) is 8.83. The van der Waals surface area contributed by atoms with E-state index in [9.17, 15) is 0 Å². The van der Waals surface area contributed by atoms with Crippen molar-refractivity contribution in [3.63, 3.8) is 0 Å². The third-order valence-electron chi connectivity index (χ3n) is 4.70. The minimum Gasteiger partial charge on any atom is -0.372 e. The summed E-state index contributed by atoms with van der Waals surface area (Å²) in [5.41, 5.74) is 2.76. The van der Waals surface area contributed by atoms with Crippen molar-refractivity contribution < 1.29 is 0 Å². The van der Waals surface area contributed by atoms with Gasteiger partial charge in [-0.3, -0.25) is 0 Å². The number of benzene rings is 1. The third kappa shape index (κ3) is 2.54. The van der Waals surface area contributed by atoms with E-state index in [2.05, 4.69) is 41.4 Å². The summed E-state index contributed by atoms with van der Waals surface area (Å²) in [7, 11) is 0. The fourth-order valence-corrected chi connectivity index (χ4v) is 3.46. The molecule has 0 spiro atoms. The molecule has 0 amide bonds. The molecule has 0 radical (unpaired) electrons. The minimum absolute atomic E-state index is 0.949. The molecule has 2 saturated heterocycles. The van der Waals surface area contributed by atoms with E-state index in [4.69, 9.17) is 0 Å². The van der Waals surface area contributed by atoms with Crippen molar-refractivity contribution in [1.82, 2.24) is 5.32 Å². The second-order valence-electron chi connectivity index (χ2n) is 5.91. The van der Waals surface area contributed by atoms with Gasteiger partial charge in [-0.25, -0.2) is 0 Å². The Kier molecular flexibility index (Phi) is 3.55. The summed E-state index contributed by atoms with van der Waals surface area (Å²) in [5.74, 6) is 1.91. The van der Waals surface area contributed by atoms with Gasteiger partial charge in [-0.2, -0.15) is 0 Å². The van der Waals surface area contributed by atoms with Crippen LogP contribution in [0.5, 0.6) is 0 Å². The van der Waals surface area contributed by atoms with Crippen molar-refractivity contribution in [2.24, 2.45) is 11.8 Å². The molecule has 1 aromatic carbocycles. The first-order valence-corrected chi connectivity index (χ1v) is 7.35. The van der Waals surface area contributed by atoms with E-state index in [0.717, 1.165) is 11.8 Å². The van der Waals surface area contributed by atoms with Crippen LogP contribution in [0.1, 0.15) is 24.8 Å². The molecule has 0 bridgehead atoms. The Morgan fingerprint density at radius 2 is 1.72 bits per heavy atom. The van der Waals surface area contributed by atoms with E-state index < -0.39 is 0 Å². The minimum atomic E-state index is 0.949. The summed E-state index contributed by atoms with van der Waals surface area (Å²) in [6.45, 7) is 7.13. The Hall–Kier alpha value is -1.02. The van der Waals surface area contributed by atoms with Crippen LogP contribution >= 0.6 is 0 Å². The Morgan fingerprint density at radius 1 is 1.00 bits per heavy atom. The number of nitrogens with one attached hydrogen (secondary N) is 1. The van der Waals surface area contributed by atoms with E-state index in [1.807, 2.05) is 0 Å². The molecule has 1 unspecified atom stereocenters. The van der Waals surface area contributed by atoms with E-state index in [1.54, 1.807) is 0 Å². The zero-order chi connectivity index (χ0) is 12.4. The normalized spacial score (nSPS) is 25.6. The number of nitrogens with zero attached hydrogens (tertiary/aromatic N) is 1. The average Bonchev–Trinajstić information content (AvgIpc) is 2.94. The van der Waals surface area contributed by atoms with Gasteiger partial charge in [0.2, 0.25) is 0 Å². The maximum Gasteiger partial charge on any atom is 0.0366 e. The number of aryl methyl sites for hydroxylation is 1. The van der Waals surface area contributed by atoms with Gasteiger partial charge in [-0.1, -0.05) is 17.7 Å². The third-order valence-corrected chi connectivity index (χ3v) is 4.70. The predicted molar refractivity (Wildman–Crippen MR) is 77.1 cm³/mol. The molecule has 0 aromatic heterocycles. The Labute approximate surface area is 110 Å². The quantitative estimate of drug-likeness (QED) is 0.860. The lowest BCUT2D eigenvalue weighted by Crippen LogP contribution is -2.36. The van der Waals surface area contributed by atoms with Crippen molar-refractivity contribution in [3.05, 3.63) is 29.8 Å². The van der Waals surface area contributed by atoms with Crippen LogP contribution in [0.4, 0.5) is 5.69 Å². The molecular weight excluding hydrogens is 220 g/mol. The van der Waals surface area contributed by atoms with Crippen molar-refractivity contribution in [1.29, 1.82) is 0 Å². The van der Waals surface area contributed by atoms with Gasteiger partial charge in [0.05, 0.1) is 0 Å². The number of piperidine rings is 1. The molecule has 2 aliphatic heterocycles. The molecule has 1 aromatic rings. The zero-order valence-corrected chi connectivity index (χ0v) is 11.4. The molecule has 1 atom stereocenters. The summed E-state index contributed by atoms with van der Waals surface area (Å²) >= 11 is 0. The SMILES string of the molecule is Cc1ccc(N2CCC(C3CCNC3)CC2)cc1. The molecule has 0 aliphatic carbocycles. The van der Waals surface area contributed by atoms with Crippen LogP contribution in [0.25, 0.3) is 0 Å². The number of anilines is 1. The van der Waals surface area contributed by atoms with Crippen LogP contribution in [0.2, 0.25) is 0 Å². The Morgan fingerprint density at radius 3 is 2.33 bits per heavy atom. The van der Waals surface area contributed by atoms with Gasteiger partial charge in [-0.15, -0.1) is 0 Å². The van der Waals surface area contributed by atoms with Crippen LogP contribution in [0.3, 0.4) is 0 Å². The van der Waals surface area contributed by atoms with E-state index in [1.165, 1.54) is 56.7 Å². The monoisotopic (exact) mass is 244 g/mol. The first-order valence-electron chi connectivity index (χ1n) is 7.35. The van der Waals surface area contributed by atoms with Crippen molar-refractivity contribution >= 4 is 5.69 Å². The maximum atomic E-state index is 3.51. The summed E-state index contributed by atoms with van der Waals surface area (Å²) in [6.07, 6.45) is 4.15. The molecule has 98 valence electrons. The molecule has 2 heteroatoms. The molecule has 1 N–H and O–H groups in total. The van der Waals surface area contributed by atoms with E-state index >= 15 is 0 Å². The average molecular weight is 244 g/mol. The van der Waals surface area contributed by atoms with Crippen LogP contribution in [-0.4, -0.2) is 26.2 Å². The summed E-state index contributed by atoms with van der Waals surface area (Å²) in [6, 6.07) is 8.99. The molecule has 18 heavy (non-hydrogen) atoms.